The minimum atomic E-state index is 0.358. The van der Waals surface area contributed by atoms with Crippen molar-refractivity contribution in [3.05, 3.63) is 12.3 Å². The molecular weight excluding hydrogens is 436 g/mol. The number of likely N-dealkylation sites (tertiary alicyclic amines) is 1. The third-order valence-electron chi connectivity index (χ3n) is 8.54. The van der Waals surface area contributed by atoms with E-state index in [4.69, 9.17) is 9.82 Å². The van der Waals surface area contributed by atoms with Crippen molar-refractivity contribution in [3.63, 3.8) is 0 Å². The van der Waals surface area contributed by atoms with Crippen molar-refractivity contribution in [3.8, 4) is 0 Å². The number of anilines is 2. The first-order valence-electron chi connectivity index (χ1n) is 14.6. The molecule has 194 valence electrons. The number of aromatic nitrogens is 2. The lowest BCUT2D eigenvalue weighted by atomic mass is 9.90. The van der Waals surface area contributed by atoms with Crippen LogP contribution in [-0.2, 0) is 4.84 Å². The minimum absolute atomic E-state index is 0.358. The molecule has 7 heteroatoms. The summed E-state index contributed by atoms with van der Waals surface area (Å²) in [6, 6.07) is 3.17. The van der Waals surface area contributed by atoms with Gasteiger partial charge in [0.15, 0.2) is 0 Å². The van der Waals surface area contributed by atoms with E-state index >= 15 is 0 Å². The van der Waals surface area contributed by atoms with Crippen LogP contribution in [0.15, 0.2) is 17.4 Å². The fourth-order valence-corrected chi connectivity index (χ4v) is 6.42. The molecule has 1 unspecified atom stereocenters. The molecule has 4 aliphatic rings. The molecular formula is C28H46N6O. The molecule has 0 amide bonds. The lowest BCUT2D eigenvalue weighted by molar-refractivity contribution is 0.0465. The number of hydrogen-bond acceptors (Lipinski definition) is 7. The fourth-order valence-electron chi connectivity index (χ4n) is 6.42. The Morgan fingerprint density at radius 1 is 0.829 bits per heavy atom. The summed E-state index contributed by atoms with van der Waals surface area (Å²) in [5, 5.41) is 8.30. The first kappa shape index (κ1) is 24.8. The number of nitrogens with one attached hydrogen (secondary N) is 1. The second-order valence-corrected chi connectivity index (χ2v) is 11.2. The van der Waals surface area contributed by atoms with Gasteiger partial charge in [-0.2, -0.15) is 4.98 Å². The topological polar surface area (TPSA) is 65.9 Å². The van der Waals surface area contributed by atoms with Crippen molar-refractivity contribution in [2.75, 3.05) is 36.4 Å². The van der Waals surface area contributed by atoms with E-state index in [1.165, 1.54) is 102 Å². The predicted molar refractivity (Wildman–Crippen MR) is 143 cm³/mol. The second kappa shape index (κ2) is 12.9. The Labute approximate surface area is 212 Å². The lowest BCUT2D eigenvalue weighted by Crippen LogP contribution is -2.48. The molecule has 2 saturated carbocycles. The van der Waals surface area contributed by atoms with Crippen molar-refractivity contribution >= 4 is 17.5 Å². The van der Waals surface area contributed by atoms with Crippen LogP contribution in [0, 0.1) is 0 Å². The van der Waals surface area contributed by atoms with Crippen LogP contribution < -0.4 is 10.2 Å². The first-order valence-corrected chi connectivity index (χ1v) is 14.6. The number of oxime groups is 1. The van der Waals surface area contributed by atoms with E-state index in [0.29, 0.717) is 18.2 Å². The summed E-state index contributed by atoms with van der Waals surface area (Å²) >= 11 is 0. The molecule has 7 nitrogen and oxygen atoms in total. The van der Waals surface area contributed by atoms with E-state index in [1.54, 1.807) is 0 Å². The summed E-state index contributed by atoms with van der Waals surface area (Å²) in [4.78, 5) is 20.6. The normalized spacial score (nSPS) is 27.7. The van der Waals surface area contributed by atoms with Crippen molar-refractivity contribution in [1.29, 1.82) is 0 Å². The summed E-state index contributed by atoms with van der Waals surface area (Å²) in [7, 11) is 0. The van der Waals surface area contributed by atoms with Gasteiger partial charge in [0.1, 0.15) is 11.9 Å². The van der Waals surface area contributed by atoms with Gasteiger partial charge in [-0.15, -0.1) is 0 Å². The van der Waals surface area contributed by atoms with E-state index in [9.17, 15) is 0 Å². The van der Waals surface area contributed by atoms with Gasteiger partial charge in [0.25, 0.3) is 0 Å². The number of hydrogen-bond donors (Lipinski definition) is 1. The summed E-state index contributed by atoms with van der Waals surface area (Å²) in [5.74, 6) is 1.88. The van der Waals surface area contributed by atoms with Crippen LogP contribution in [0.5, 0.6) is 0 Å². The van der Waals surface area contributed by atoms with Crippen molar-refractivity contribution in [1.82, 2.24) is 14.9 Å². The lowest BCUT2D eigenvalue weighted by Gasteiger charge is -2.40. The van der Waals surface area contributed by atoms with E-state index in [1.807, 2.05) is 6.20 Å². The van der Waals surface area contributed by atoms with Gasteiger partial charge in [0.05, 0.1) is 5.71 Å². The van der Waals surface area contributed by atoms with Crippen molar-refractivity contribution in [2.45, 2.75) is 121 Å². The van der Waals surface area contributed by atoms with Gasteiger partial charge in [-0.05, 0) is 89.7 Å². The average molecular weight is 483 g/mol. The van der Waals surface area contributed by atoms with Gasteiger partial charge in [-0.1, -0.05) is 30.8 Å². The Morgan fingerprint density at radius 2 is 1.57 bits per heavy atom. The molecule has 4 fully saturated rings. The summed E-state index contributed by atoms with van der Waals surface area (Å²) in [6.07, 6.45) is 22.2. The van der Waals surface area contributed by atoms with Crippen LogP contribution >= 0.6 is 0 Å². The Balaban J connectivity index is 1.09. The van der Waals surface area contributed by atoms with Gasteiger partial charge < -0.3 is 15.1 Å². The number of piperidine rings is 1. The summed E-state index contributed by atoms with van der Waals surface area (Å²) < 4.78 is 0. The standard InChI is InChI=1S/C28H46N6O/c1-2-6-12-26(11-5-1)35-32-23-13-15-25(16-14-23)34-21-9-10-24(22-34)30-28-29-18-17-27(31-28)33-19-7-3-4-8-20-33/h17-18,24-26H,1-16,19-22H2,(H,29,30,31). The molecule has 35 heavy (non-hydrogen) atoms. The molecule has 0 radical (unpaired) electrons. The van der Waals surface area contributed by atoms with E-state index in [2.05, 4.69) is 31.3 Å². The van der Waals surface area contributed by atoms with E-state index < -0.39 is 0 Å². The Bertz CT molecular complexity index is 790. The zero-order valence-electron chi connectivity index (χ0n) is 21.7. The molecule has 1 N–H and O–H groups in total. The van der Waals surface area contributed by atoms with Crippen molar-refractivity contribution in [2.24, 2.45) is 5.16 Å². The van der Waals surface area contributed by atoms with Crippen LogP contribution in [0.2, 0.25) is 0 Å². The number of rotatable bonds is 6. The molecule has 0 bridgehead atoms. The third kappa shape index (κ3) is 7.31. The molecule has 2 aliphatic carbocycles. The van der Waals surface area contributed by atoms with Crippen molar-refractivity contribution < 1.29 is 4.84 Å². The van der Waals surface area contributed by atoms with E-state index in [0.717, 1.165) is 44.2 Å². The van der Waals surface area contributed by atoms with Crippen LogP contribution in [0.1, 0.15) is 103 Å². The Morgan fingerprint density at radius 3 is 2.34 bits per heavy atom. The molecule has 1 aromatic rings. The maximum atomic E-state index is 5.97. The SMILES string of the molecule is c1cc(N2CCCCCC2)nc(NC2CCCN(C3CCC(=NOC4CCCCCC4)CC3)C2)n1. The highest BCUT2D eigenvalue weighted by atomic mass is 16.6. The molecule has 1 atom stereocenters. The zero-order chi connectivity index (χ0) is 23.7. The third-order valence-corrected chi connectivity index (χ3v) is 8.54. The quantitative estimate of drug-likeness (QED) is 0.410. The molecule has 2 saturated heterocycles. The molecule has 5 rings (SSSR count). The van der Waals surface area contributed by atoms with Crippen LogP contribution in [0.3, 0.4) is 0 Å². The van der Waals surface area contributed by atoms with Gasteiger partial charge >= 0.3 is 0 Å². The Kier molecular flexibility index (Phi) is 9.13. The van der Waals surface area contributed by atoms with Crippen LogP contribution in [0.25, 0.3) is 0 Å². The largest absolute Gasteiger partial charge is 0.393 e. The average Bonchev–Trinajstić information content (AvgIpc) is 3.34. The Hall–Kier alpha value is -1.89. The first-order chi connectivity index (χ1) is 17.3. The fraction of sp³-hybridized carbons (Fsp3) is 0.821. The molecule has 2 aliphatic heterocycles. The van der Waals surface area contributed by atoms with Crippen LogP contribution in [-0.4, -0.2) is 64.9 Å². The number of nitrogens with zero attached hydrogens (tertiary/aromatic N) is 5. The van der Waals surface area contributed by atoms with Gasteiger partial charge in [0, 0.05) is 37.9 Å². The predicted octanol–water partition coefficient (Wildman–Crippen LogP) is 5.77. The molecule has 0 spiro atoms. The minimum Gasteiger partial charge on any atom is -0.393 e. The smallest absolute Gasteiger partial charge is 0.224 e. The molecule has 1 aromatic heterocycles. The maximum Gasteiger partial charge on any atom is 0.224 e. The highest BCUT2D eigenvalue weighted by Crippen LogP contribution is 2.27. The van der Waals surface area contributed by atoms with Gasteiger partial charge in [-0.25, -0.2) is 4.98 Å². The summed E-state index contributed by atoms with van der Waals surface area (Å²) in [5.41, 5.74) is 1.29. The van der Waals surface area contributed by atoms with Crippen LogP contribution in [0.4, 0.5) is 11.8 Å². The monoisotopic (exact) mass is 482 g/mol. The maximum absolute atomic E-state index is 5.97. The highest BCUT2D eigenvalue weighted by Gasteiger charge is 2.29. The summed E-state index contributed by atoms with van der Waals surface area (Å²) in [6.45, 7) is 4.54. The second-order valence-electron chi connectivity index (χ2n) is 11.2. The zero-order valence-corrected chi connectivity index (χ0v) is 21.7. The van der Waals surface area contributed by atoms with Gasteiger partial charge in [0.2, 0.25) is 5.95 Å². The molecule has 0 aromatic carbocycles. The highest BCUT2D eigenvalue weighted by molar-refractivity contribution is 5.84. The van der Waals surface area contributed by atoms with E-state index in [-0.39, 0.29) is 0 Å². The molecule has 3 heterocycles. The van der Waals surface area contributed by atoms with Gasteiger partial charge in [-0.3, -0.25) is 4.90 Å².